The van der Waals surface area contributed by atoms with E-state index in [4.69, 9.17) is 9.47 Å². The Hall–Kier alpha value is -1.95. The summed E-state index contributed by atoms with van der Waals surface area (Å²) in [6.07, 6.45) is 3.94. The van der Waals surface area contributed by atoms with Gasteiger partial charge in [-0.2, -0.15) is 0 Å². The van der Waals surface area contributed by atoms with Crippen LogP contribution in [0.2, 0.25) is 0 Å². The lowest BCUT2D eigenvalue weighted by Gasteiger charge is -2.13. The van der Waals surface area contributed by atoms with Gasteiger partial charge in [-0.25, -0.2) is 0 Å². The zero-order valence-electron chi connectivity index (χ0n) is 19.2. The molecular formula is C30H52O4S. The molecule has 2 rings (SSSR count). The first kappa shape index (κ1) is 40.2. The Morgan fingerprint density at radius 3 is 1.57 bits per heavy atom. The number of hydrogen-bond donors (Lipinski definition) is 0. The number of aryl methyl sites for hydroxylation is 1. The van der Waals surface area contributed by atoms with E-state index in [1.807, 2.05) is 36.4 Å². The van der Waals surface area contributed by atoms with Gasteiger partial charge in [0.2, 0.25) is 0 Å². The van der Waals surface area contributed by atoms with Crippen molar-refractivity contribution in [2.24, 2.45) is 0 Å². The van der Waals surface area contributed by atoms with Gasteiger partial charge in [0.25, 0.3) is 0 Å². The molecule has 202 valence electrons. The molecule has 0 bridgehead atoms. The van der Waals surface area contributed by atoms with E-state index in [2.05, 4.69) is 24.3 Å². The van der Waals surface area contributed by atoms with Crippen LogP contribution in [0.25, 0.3) is 0 Å². The van der Waals surface area contributed by atoms with Crippen LogP contribution < -0.4 is 0 Å². The number of carbonyl (C=O) groups excluding carboxylic acids is 2. The Kier molecular flexibility index (Phi) is 28.9. The molecule has 0 N–H and O–H groups in total. The molecule has 0 fully saturated rings. The molecule has 4 nitrogen and oxygen atoms in total. The summed E-state index contributed by atoms with van der Waals surface area (Å²) < 4.78 is 10.5. The first-order valence-corrected chi connectivity index (χ1v) is 11.7. The van der Waals surface area contributed by atoms with Gasteiger partial charge in [0, 0.05) is 37.7 Å². The monoisotopic (exact) mass is 508 g/mol. The van der Waals surface area contributed by atoms with Crippen LogP contribution in [0.1, 0.15) is 74.8 Å². The summed E-state index contributed by atoms with van der Waals surface area (Å²) in [4.78, 5) is 23.2. The highest BCUT2D eigenvalue weighted by atomic mass is 32.2. The van der Waals surface area contributed by atoms with Crippen molar-refractivity contribution in [3.8, 4) is 0 Å². The van der Waals surface area contributed by atoms with E-state index < -0.39 is 0 Å². The molecule has 0 saturated carbocycles. The standard InChI is InChI=1S/C13H18O2S.C13H18O2.4CH4/c1-11(14)10-12(15-2)8-9-16-13-6-4-3-5-7-13;1-11(14)10-13(15-2)9-8-12-6-4-3-5-7-12;;;;/h3-7,12H,8-10H2,1-2H3;3-7,13H,8-10H2,1-2H3;4*1H4. The molecule has 0 aliphatic carbocycles. The molecule has 0 saturated heterocycles. The van der Waals surface area contributed by atoms with Crippen LogP contribution in [0, 0.1) is 0 Å². The molecule has 0 heterocycles. The van der Waals surface area contributed by atoms with Crippen LogP contribution in [0.4, 0.5) is 0 Å². The zero-order valence-corrected chi connectivity index (χ0v) is 20.0. The van der Waals surface area contributed by atoms with Gasteiger partial charge in [0.1, 0.15) is 11.6 Å². The number of hydrogen-bond acceptors (Lipinski definition) is 5. The van der Waals surface area contributed by atoms with Crippen molar-refractivity contribution >= 4 is 23.3 Å². The second kappa shape index (κ2) is 25.2. The predicted molar refractivity (Wildman–Crippen MR) is 156 cm³/mol. The average molecular weight is 509 g/mol. The molecule has 0 spiro atoms. The molecule has 2 aromatic rings. The minimum absolute atomic E-state index is 0. The van der Waals surface area contributed by atoms with E-state index in [-0.39, 0.29) is 53.5 Å². The van der Waals surface area contributed by atoms with Crippen LogP contribution in [0.5, 0.6) is 0 Å². The fourth-order valence-corrected chi connectivity index (χ4v) is 4.01. The smallest absolute Gasteiger partial charge is 0.132 e. The van der Waals surface area contributed by atoms with Crippen molar-refractivity contribution in [2.45, 2.75) is 92.8 Å². The van der Waals surface area contributed by atoms with E-state index in [1.165, 1.54) is 10.5 Å². The summed E-state index contributed by atoms with van der Waals surface area (Å²) in [5.74, 6) is 1.36. The van der Waals surface area contributed by atoms with Crippen LogP contribution in [0.3, 0.4) is 0 Å². The Morgan fingerprint density at radius 2 is 1.14 bits per heavy atom. The van der Waals surface area contributed by atoms with Crippen molar-refractivity contribution < 1.29 is 19.1 Å². The SMILES string of the molecule is C.C.C.C.COC(CCSc1ccccc1)CC(C)=O.COC(CCc1ccccc1)CC(C)=O. The number of carbonyl (C=O) groups is 2. The van der Waals surface area contributed by atoms with Crippen molar-refractivity contribution in [1.29, 1.82) is 0 Å². The van der Waals surface area contributed by atoms with Crippen molar-refractivity contribution in [1.82, 2.24) is 0 Å². The largest absolute Gasteiger partial charge is 0.381 e. The third-order valence-corrected chi connectivity index (χ3v) is 5.79. The Balaban J connectivity index is -0.000000247. The number of ether oxygens (including phenoxy) is 2. The molecule has 0 amide bonds. The maximum atomic E-state index is 11.0. The lowest BCUT2D eigenvalue weighted by molar-refractivity contribution is -0.120. The van der Waals surface area contributed by atoms with Crippen LogP contribution in [0.15, 0.2) is 65.6 Å². The van der Waals surface area contributed by atoms with E-state index in [1.54, 1.807) is 39.8 Å². The lowest BCUT2D eigenvalue weighted by Crippen LogP contribution is -2.15. The second-order valence-electron chi connectivity index (χ2n) is 7.50. The molecule has 35 heavy (non-hydrogen) atoms. The molecule has 2 atom stereocenters. The summed E-state index contributed by atoms with van der Waals surface area (Å²) in [6.45, 7) is 3.21. The molecule has 0 aromatic heterocycles. The number of rotatable bonds is 13. The summed E-state index contributed by atoms with van der Waals surface area (Å²) in [5.41, 5.74) is 1.29. The maximum Gasteiger partial charge on any atom is 0.132 e. The second-order valence-corrected chi connectivity index (χ2v) is 8.67. The number of ketones is 2. The van der Waals surface area contributed by atoms with Gasteiger partial charge >= 0.3 is 0 Å². The highest BCUT2D eigenvalue weighted by molar-refractivity contribution is 7.99. The highest BCUT2D eigenvalue weighted by Gasteiger charge is 2.10. The average Bonchev–Trinajstić information content (AvgIpc) is 2.77. The summed E-state index contributed by atoms with van der Waals surface area (Å²) >= 11 is 1.80. The minimum Gasteiger partial charge on any atom is -0.381 e. The van der Waals surface area contributed by atoms with E-state index in [9.17, 15) is 9.59 Å². The Morgan fingerprint density at radius 1 is 0.714 bits per heavy atom. The Bertz CT molecular complexity index is 735. The first-order chi connectivity index (χ1) is 14.9. The van der Waals surface area contributed by atoms with Gasteiger partial charge < -0.3 is 9.47 Å². The van der Waals surface area contributed by atoms with Gasteiger partial charge in [-0.15, -0.1) is 11.8 Å². The van der Waals surface area contributed by atoms with E-state index in [0.717, 1.165) is 25.0 Å². The minimum atomic E-state index is 0. The zero-order chi connectivity index (χ0) is 22.9. The van der Waals surface area contributed by atoms with Crippen LogP contribution >= 0.6 is 11.8 Å². The van der Waals surface area contributed by atoms with Gasteiger partial charge in [0.15, 0.2) is 0 Å². The molecule has 0 radical (unpaired) electrons. The first-order valence-electron chi connectivity index (χ1n) is 10.7. The predicted octanol–water partition coefficient (Wildman–Crippen LogP) is 8.32. The van der Waals surface area contributed by atoms with Gasteiger partial charge in [0.05, 0.1) is 12.2 Å². The van der Waals surface area contributed by atoms with Crippen molar-refractivity contribution in [3.05, 3.63) is 66.2 Å². The Labute approximate surface area is 221 Å². The molecule has 2 aromatic carbocycles. The van der Waals surface area contributed by atoms with E-state index in [0.29, 0.717) is 12.8 Å². The van der Waals surface area contributed by atoms with Crippen LogP contribution in [-0.4, -0.2) is 43.7 Å². The fourth-order valence-electron chi connectivity index (χ4n) is 3.05. The molecular weight excluding hydrogens is 456 g/mol. The molecule has 0 aliphatic heterocycles. The molecule has 5 heteroatoms. The van der Waals surface area contributed by atoms with E-state index >= 15 is 0 Å². The van der Waals surface area contributed by atoms with Gasteiger partial charge in [-0.1, -0.05) is 78.2 Å². The normalized spacial score (nSPS) is 11.0. The highest BCUT2D eigenvalue weighted by Crippen LogP contribution is 2.19. The van der Waals surface area contributed by atoms with Crippen molar-refractivity contribution in [3.63, 3.8) is 0 Å². The third kappa shape index (κ3) is 21.1. The quantitative estimate of drug-likeness (QED) is 0.255. The van der Waals surface area contributed by atoms with Crippen LogP contribution in [-0.2, 0) is 25.5 Å². The number of benzene rings is 2. The molecule has 0 aliphatic rings. The maximum absolute atomic E-state index is 11.0. The molecule has 2 unspecified atom stereocenters. The summed E-state index contributed by atoms with van der Waals surface area (Å²) in [5, 5.41) is 0. The van der Waals surface area contributed by atoms with Gasteiger partial charge in [-0.3, -0.25) is 9.59 Å². The van der Waals surface area contributed by atoms with Crippen molar-refractivity contribution in [2.75, 3.05) is 20.0 Å². The lowest BCUT2D eigenvalue weighted by atomic mass is 10.0. The third-order valence-electron chi connectivity index (χ3n) is 4.75. The number of methoxy groups -OCH3 is 2. The summed E-state index contributed by atoms with van der Waals surface area (Å²) in [7, 11) is 3.33. The van der Waals surface area contributed by atoms with Gasteiger partial charge in [-0.05, 0) is 50.8 Å². The fraction of sp³-hybridized carbons (Fsp3) is 0.533. The number of Topliss-reactive ketones (excluding diaryl/α,β-unsaturated/α-hetero) is 2. The topological polar surface area (TPSA) is 52.6 Å². The summed E-state index contributed by atoms with van der Waals surface area (Å²) in [6, 6.07) is 20.5. The number of thioether (sulfide) groups is 1.